The van der Waals surface area contributed by atoms with Crippen LogP contribution in [0.25, 0.3) is 0 Å². The Bertz CT molecular complexity index is 1280. The molecular weight excluding hydrogens is 463 g/mol. The minimum absolute atomic E-state index is 0.0685. The molecule has 0 saturated carbocycles. The minimum atomic E-state index is -0.629. The van der Waals surface area contributed by atoms with Gasteiger partial charge in [0.25, 0.3) is 0 Å². The molecule has 1 aliphatic rings. The van der Waals surface area contributed by atoms with Crippen molar-refractivity contribution in [2.75, 3.05) is 6.61 Å². The number of nitriles is 1. The van der Waals surface area contributed by atoms with Gasteiger partial charge in [0.1, 0.15) is 28.9 Å². The number of ether oxygens (including phenoxy) is 3. The maximum absolute atomic E-state index is 12.6. The highest BCUT2D eigenvalue weighted by Crippen LogP contribution is 2.47. The molecule has 3 aromatic carbocycles. The number of hydrogen-bond donors (Lipinski definition) is 1. The average molecular weight is 481 g/mol. The molecule has 0 aromatic heterocycles. The van der Waals surface area contributed by atoms with Gasteiger partial charge in [-0.1, -0.05) is 35.3 Å². The fourth-order valence-corrected chi connectivity index (χ4v) is 4.22. The van der Waals surface area contributed by atoms with Crippen LogP contribution in [0.2, 0.25) is 10.0 Å². The van der Waals surface area contributed by atoms with Gasteiger partial charge in [0, 0.05) is 27.2 Å². The maximum atomic E-state index is 12.6. The van der Waals surface area contributed by atoms with E-state index in [2.05, 4.69) is 6.07 Å². The molecule has 0 radical (unpaired) electrons. The number of fused-ring (bicyclic) bond motifs is 1. The first kappa shape index (κ1) is 22.5. The fraction of sp³-hybridized carbons (Fsp3) is 0.120. The van der Waals surface area contributed by atoms with Gasteiger partial charge in [-0.15, -0.1) is 0 Å². The number of rotatable bonds is 5. The lowest BCUT2D eigenvalue weighted by molar-refractivity contribution is 0.0734. The molecule has 0 fully saturated rings. The average Bonchev–Trinajstić information content (AvgIpc) is 2.79. The van der Waals surface area contributed by atoms with E-state index in [0.717, 1.165) is 0 Å². The number of esters is 1. The van der Waals surface area contributed by atoms with E-state index in [0.29, 0.717) is 44.8 Å². The summed E-state index contributed by atoms with van der Waals surface area (Å²) in [5.41, 5.74) is 7.77. The van der Waals surface area contributed by atoms with E-state index >= 15 is 0 Å². The lowest BCUT2D eigenvalue weighted by Gasteiger charge is -2.27. The van der Waals surface area contributed by atoms with Crippen LogP contribution in [0.5, 0.6) is 17.2 Å². The summed E-state index contributed by atoms with van der Waals surface area (Å²) in [4.78, 5) is 12.6. The van der Waals surface area contributed by atoms with Crippen molar-refractivity contribution in [1.29, 1.82) is 5.26 Å². The molecule has 33 heavy (non-hydrogen) atoms. The molecule has 6 nitrogen and oxygen atoms in total. The third-order valence-electron chi connectivity index (χ3n) is 5.09. The van der Waals surface area contributed by atoms with Gasteiger partial charge in [-0.05, 0) is 49.4 Å². The number of halogens is 2. The topological polar surface area (TPSA) is 94.6 Å². The largest absolute Gasteiger partial charge is 0.494 e. The van der Waals surface area contributed by atoms with Crippen LogP contribution in [0, 0.1) is 11.3 Å². The highest BCUT2D eigenvalue weighted by molar-refractivity contribution is 6.36. The van der Waals surface area contributed by atoms with Gasteiger partial charge in [0.15, 0.2) is 0 Å². The van der Waals surface area contributed by atoms with E-state index in [-0.39, 0.29) is 17.2 Å². The van der Waals surface area contributed by atoms with Gasteiger partial charge in [0.05, 0.1) is 18.1 Å². The molecule has 1 atom stereocenters. The number of allylic oxidation sites excluding steroid dienone is 1. The standard InChI is InChI=1S/C25H18Cl2N2O4/c1-2-31-15-8-6-14(7-9-15)25(30)32-16-10-11-17-21(12-16)33-24(29)18(13-28)22(17)23-19(26)4-3-5-20(23)27/h3-12,22H,2,29H2,1H3. The first-order chi connectivity index (χ1) is 15.9. The molecule has 1 unspecified atom stereocenters. The minimum Gasteiger partial charge on any atom is -0.494 e. The molecular formula is C25H18Cl2N2O4. The van der Waals surface area contributed by atoms with Gasteiger partial charge in [-0.3, -0.25) is 0 Å². The summed E-state index contributed by atoms with van der Waals surface area (Å²) >= 11 is 12.8. The number of nitrogens with zero attached hydrogens (tertiary/aromatic N) is 1. The van der Waals surface area contributed by atoms with E-state index < -0.39 is 11.9 Å². The summed E-state index contributed by atoms with van der Waals surface area (Å²) in [6.45, 7) is 2.41. The lowest BCUT2D eigenvalue weighted by atomic mass is 9.83. The van der Waals surface area contributed by atoms with E-state index in [9.17, 15) is 10.1 Å². The van der Waals surface area contributed by atoms with Gasteiger partial charge >= 0.3 is 5.97 Å². The number of hydrogen-bond acceptors (Lipinski definition) is 6. The predicted molar refractivity (Wildman–Crippen MR) is 125 cm³/mol. The Hall–Kier alpha value is -3.66. The van der Waals surface area contributed by atoms with Crippen LogP contribution in [0.3, 0.4) is 0 Å². The van der Waals surface area contributed by atoms with E-state index in [4.69, 9.17) is 43.1 Å². The molecule has 0 saturated heterocycles. The number of benzene rings is 3. The van der Waals surface area contributed by atoms with Crippen molar-refractivity contribution in [3.63, 3.8) is 0 Å². The maximum Gasteiger partial charge on any atom is 0.343 e. The summed E-state index contributed by atoms with van der Waals surface area (Å²) in [7, 11) is 0. The SMILES string of the molecule is CCOc1ccc(C(=O)Oc2ccc3c(c2)OC(N)=C(C#N)C3c2c(Cl)cccc2Cl)cc1. The summed E-state index contributed by atoms with van der Waals surface area (Å²) < 4.78 is 16.6. The summed E-state index contributed by atoms with van der Waals surface area (Å²) in [6.07, 6.45) is 0. The smallest absolute Gasteiger partial charge is 0.343 e. The molecule has 4 rings (SSSR count). The molecule has 8 heteroatoms. The van der Waals surface area contributed by atoms with Crippen LogP contribution in [-0.2, 0) is 0 Å². The quantitative estimate of drug-likeness (QED) is 0.364. The summed E-state index contributed by atoms with van der Waals surface area (Å²) in [5, 5.41) is 10.5. The monoisotopic (exact) mass is 480 g/mol. The molecule has 2 N–H and O–H groups in total. The molecule has 166 valence electrons. The molecule has 0 spiro atoms. The van der Waals surface area contributed by atoms with Crippen molar-refractivity contribution in [1.82, 2.24) is 0 Å². The number of nitrogens with two attached hydrogens (primary N) is 1. The normalized spacial score (nSPS) is 14.7. The molecule has 0 amide bonds. The molecule has 1 aliphatic heterocycles. The van der Waals surface area contributed by atoms with E-state index in [1.54, 1.807) is 60.7 Å². The first-order valence-electron chi connectivity index (χ1n) is 10.0. The van der Waals surface area contributed by atoms with Gasteiger partial charge in [0.2, 0.25) is 5.88 Å². The van der Waals surface area contributed by atoms with E-state index in [1.165, 1.54) is 0 Å². The van der Waals surface area contributed by atoms with Gasteiger partial charge in [-0.25, -0.2) is 4.79 Å². The van der Waals surface area contributed by atoms with Crippen molar-refractivity contribution in [3.8, 4) is 23.3 Å². The fourth-order valence-electron chi connectivity index (χ4n) is 3.60. The van der Waals surface area contributed by atoms with Crippen LogP contribution in [0.1, 0.15) is 34.3 Å². The molecule has 1 heterocycles. The van der Waals surface area contributed by atoms with Crippen LogP contribution in [0.15, 0.2) is 72.1 Å². The Labute approximate surface area is 200 Å². The Morgan fingerprint density at radius 3 is 2.39 bits per heavy atom. The third kappa shape index (κ3) is 4.47. The van der Waals surface area contributed by atoms with Crippen molar-refractivity contribution < 1.29 is 19.0 Å². The van der Waals surface area contributed by atoms with Crippen molar-refractivity contribution in [2.24, 2.45) is 5.73 Å². The summed E-state index contributed by atoms with van der Waals surface area (Å²) in [6, 6.07) is 18.7. The van der Waals surface area contributed by atoms with Crippen LogP contribution in [0.4, 0.5) is 0 Å². The summed E-state index contributed by atoms with van der Waals surface area (Å²) in [5.74, 6) is 0.0166. The van der Waals surface area contributed by atoms with Crippen molar-refractivity contribution >= 4 is 29.2 Å². The second-order valence-corrected chi connectivity index (χ2v) is 7.92. The Kier molecular flexibility index (Phi) is 6.45. The second-order valence-electron chi connectivity index (χ2n) is 7.11. The van der Waals surface area contributed by atoms with Gasteiger partial charge in [-0.2, -0.15) is 5.26 Å². The molecule has 0 bridgehead atoms. The van der Waals surface area contributed by atoms with Crippen molar-refractivity contribution in [3.05, 3.63) is 98.9 Å². The lowest BCUT2D eigenvalue weighted by Crippen LogP contribution is -2.21. The Balaban J connectivity index is 1.67. The Morgan fingerprint density at radius 1 is 1.09 bits per heavy atom. The zero-order valence-corrected chi connectivity index (χ0v) is 19.0. The zero-order valence-electron chi connectivity index (χ0n) is 17.5. The number of carbonyl (C=O) groups excluding carboxylic acids is 1. The van der Waals surface area contributed by atoms with E-state index in [1.807, 2.05) is 6.92 Å². The predicted octanol–water partition coefficient (Wildman–Crippen LogP) is 5.83. The Morgan fingerprint density at radius 2 is 1.76 bits per heavy atom. The van der Waals surface area contributed by atoms with Crippen LogP contribution < -0.4 is 19.9 Å². The second kappa shape index (κ2) is 9.45. The molecule has 3 aromatic rings. The molecule has 0 aliphatic carbocycles. The highest BCUT2D eigenvalue weighted by atomic mass is 35.5. The third-order valence-corrected chi connectivity index (χ3v) is 5.75. The highest BCUT2D eigenvalue weighted by Gasteiger charge is 2.33. The number of carbonyl (C=O) groups is 1. The van der Waals surface area contributed by atoms with Crippen molar-refractivity contribution in [2.45, 2.75) is 12.8 Å². The van der Waals surface area contributed by atoms with Crippen LogP contribution in [-0.4, -0.2) is 12.6 Å². The first-order valence-corrected chi connectivity index (χ1v) is 10.8. The van der Waals surface area contributed by atoms with Gasteiger partial charge < -0.3 is 19.9 Å². The zero-order chi connectivity index (χ0) is 23.5. The van der Waals surface area contributed by atoms with Crippen LogP contribution >= 0.6 is 23.2 Å².